The van der Waals surface area contributed by atoms with E-state index in [0.717, 1.165) is 24.2 Å². The van der Waals surface area contributed by atoms with E-state index < -0.39 is 10.0 Å². The van der Waals surface area contributed by atoms with E-state index >= 15 is 0 Å². The Bertz CT molecular complexity index is 499. The van der Waals surface area contributed by atoms with Crippen LogP contribution in [0, 0.1) is 0 Å². The Morgan fingerprint density at radius 3 is 2.89 bits per heavy atom. The van der Waals surface area contributed by atoms with Crippen molar-refractivity contribution < 1.29 is 8.42 Å². The number of hydrogen-bond donors (Lipinski definition) is 1. The Morgan fingerprint density at radius 2 is 2.11 bits per heavy atom. The van der Waals surface area contributed by atoms with Crippen molar-refractivity contribution in [1.29, 1.82) is 0 Å². The van der Waals surface area contributed by atoms with Crippen molar-refractivity contribution in [2.24, 2.45) is 0 Å². The summed E-state index contributed by atoms with van der Waals surface area (Å²) < 4.78 is 26.3. The van der Waals surface area contributed by atoms with Crippen molar-refractivity contribution in [3.8, 4) is 0 Å². The fraction of sp³-hybridized carbons (Fsp3) is 0.538. The van der Waals surface area contributed by atoms with Crippen molar-refractivity contribution in [3.05, 3.63) is 29.8 Å². The van der Waals surface area contributed by atoms with Crippen molar-refractivity contribution in [2.75, 3.05) is 23.1 Å². The summed E-state index contributed by atoms with van der Waals surface area (Å²) in [5.41, 5.74) is 1.88. The first-order chi connectivity index (χ1) is 8.65. The summed E-state index contributed by atoms with van der Waals surface area (Å²) in [6.45, 7) is 3.95. The number of fused-ring (bicyclic) bond motifs is 1. The maximum atomic E-state index is 12.4. The zero-order valence-electron chi connectivity index (χ0n) is 10.7. The summed E-state index contributed by atoms with van der Waals surface area (Å²) in [5, 5.41) is 3.26. The molecule has 2 rings (SSSR count). The molecule has 0 aromatic heterocycles. The Morgan fingerprint density at radius 1 is 1.33 bits per heavy atom. The van der Waals surface area contributed by atoms with Gasteiger partial charge in [-0.05, 0) is 18.1 Å². The summed E-state index contributed by atoms with van der Waals surface area (Å²) in [5.74, 6) is 0.234. The van der Waals surface area contributed by atoms with E-state index in [1.807, 2.05) is 31.2 Å². The smallest absolute Gasteiger partial charge is 0.235 e. The molecular formula is C13H20N2O2S. The number of anilines is 1. The van der Waals surface area contributed by atoms with Crippen molar-refractivity contribution in [2.45, 2.75) is 26.3 Å². The van der Waals surface area contributed by atoms with Gasteiger partial charge >= 0.3 is 0 Å². The molecule has 0 saturated carbocycles. The van der Waals surface area contributed by atoms with Crippen LogP contribution in [0.5, 0.6) is 0 Å². The lowest BCUT2D eigenvalue weighted by molar-refractivity contribution is 0.586. The monoisotopic (exact) mass is 268 g/mol. The van der Waals surface area contributed by atoms with Crippen LogP contribution in [0.3, 0.4) is 0 Å². The van der Waals surface area contributed by atoms with Crippen LogP contribution in [-0.2, 0) is 16.6 Å². The molecule has 0 saturated heterocycles. The lowest BCUT2D eigenvalue weighted by Crippen LogP contribution is -2.36. The predicted molar refractivity (Wildman–Crippen MR) is 74.2 cm³/mol. The molecule has 1 aromatic carbocycles. The van der Waals surface area contributed by atoms with Gasteiger partial charge in [0.1, 0.15) is 0 Å². The molecule has 0 fully saturated rings. The number of sulfonamides is 1. The Labute approximate surface area is 109 Å². The van der Waals surface area contributed by atoms with Gasteiger partial charge in [0.05, 0.1) is 11.4 Å². The molecule has 0 spiro atoms. The molecule has 1 aromatic rings. The standard InChI is InChI=1S/C13H20N2O2S/c1-2-3-10-18(16,17)15-9-8-14-11-12-6-4-5-7-13(12)15/h4-7,14H,2-3,8-11H2,1H3. The number of rotatable bonds is 4. The summed E-state index contributed by atoms with van der Waals surface area (Å²) in [6, 6.07) is 7.72. The Balaban J connectivity index is 2.33. The van der Waals surface area contributed by atoms with Gasteiger partial charge in [0.2, 0.25) is 10.0 Å². The molecule has 18 heavy (non-hydrogen) atoms. The van der Waals surface area contributed by atoms with Gasteiger partial charge < -0.3 is 5.32 Å². The zero-order chi connectivity index (χ0) is 13.0. The van der Waals surface area contributed by atoms with E-state index in [4.69, 9.17) is 0 Å². The molecule has 0 atom stereocenters. The highest BCUT2D eigenvalue weighted by molar-refractivity contribution is 7.92. The summed E-state index contributed by atoms with van der Waals surface area (Å²) in [6.07, 6.45) is 1.61. The van der Waals surface area contributed by atoms with E-state index in [-0.39, 0.29) is 5.75 Å². The minimum absolute atomic E-state index is 0.234. The molecule has 5 heteroatoms. The molecule has 0 bridgehead atoms. The van der Waals surface area contributed by atoms with E-state index in [1.54, 1.807) is 4.31 Å². The highest BCUT2D eigenvalue weighted by Crippen LogP contribution is 2.25. The van der Waals surface area contributed by atoms with Gasteiger partial charge in [-0.3, -0.25) is 4.31 Å². The van der Waals surface area contributed by atoms with Crippen LogP contribution in [0.2, 0.25) is 0 Å². The minimum Gasteiger partial charge on any atom is -0.311 e. The van der Waals surface area contributed by atoms with Gasteiger partial charge in [-0.1, -0.05) is 31.5 Å². The van der Waals surface area contributed by atoms with E-state index in [1.165, 1.54) is 0 Å². The van der Waals surface area contributed by atoms with Crippen LogP contribution < -0.4 is 9.62 Å². The van der Waals surface area contributed by atoms with Gasteiger partial charge in [-0.15, -0.1) is 0 Å². The first-order valence-electron chi connectivity index (χ1n) is 6.44. The van der Waals surface area contributed by atoms with Crippen LogP contribution in [0.1, 0.15) is 25.3 Å². The fourth-order valence-electron chi connectivity index (χ4n) is 2.15. The van der Waals surface area contributed by atoms with Crippen molar-refractivity contribution in [3.63, 3.8) is 0 Å². The van der Waals surface area contributed by atoms with Crippen LogP contribution in [-0.4, -0.2) is 27.3 Å². The predicted octanol–water partition coefficient (Wildman–Crippen LogP) is 1.73. The number of nitrogens with one attached hydrogen (secondary N) is 1. The number of hydrogen-bond acceptors (Lipinski definition) is 3. The second-order valence-electron chi connectivity index (χ2n) is 4.55. The van der Waals surface area contributed by atoms with Crippen molar-refractivity contribution in [1.82, 2.24) is 5.32 Å². The minimum atomic E-state index is -3.19. The van der Waals surface area contributed by atoms with E-state index in [0.29, 0.717) is 19.5 Å². The number of unbranched alkanes of at least 4 members (excludes halogenated alkanes) is 1. The summed E-state index contributed by atoms with van der Waals surface area (Å²) >= 11 is 0. The molecule has 100 valence electrons. The van der Waals surface area contributed by atoms with E-state index in [2.05, 4.69) is 5.32 Å². The molecule has 1 heterocycles. The van der Waals surface area contributed by atoms with Crippen LogP contribution >= 0.6 is 0 Å². The molecular weight excluding hydrogens is 248 g/mol. The molecule has 1 aliphatic heterocycles. The summed E-state index contributed by atoms with van der Waals surface area (Å²) in [7, 11) is -3.19. The molecule has 0 unspecified atom stereocenters. The first-order valence-corrected chi connectivity index (χ1v) is 8.05. The molecule has 0 amide bonds. The zero-order valence-corrected chi connectivity index (χ0v) is 11.5. The second-order valence-corrected chi connectivity index (χ2v) is 6.56. The number of nitrogens with zero attached hydrogens (tertiary/aromatic N) is 1. The van der Waals surface area contributed by atoms with Crippen molar-refractivity contribution >= 4 is 15.7 Å². The molecule has 0 aliphatic carbocycles. The molecule has 0 radical (unpaired) electrons. The number of para-hydroxylation sites is 1. The lowest BCUT2D eigenvalue weighted by Gasteiger charge is -2.24. The third kappa shape index (κ3) is 2.84. The fourth-order valence-corrected chi connectivity index (χ4v) is 3.87. The maximum Gasteiger partial charge on any atom is 0.235 e. The molecule has 4 nitrogen and oxygen atoms in total. The number of benzene rings is 1. The van der Waals surface area contributed by atoms with E-state index in [9.17, 15) is 8.42 Å². The third-order valence-corrected chi connectivity index (χ3v) is 5.01. The first kappa shape index (κ1) is 13.4. The average Bonchev–Trinajstić information content (AvgIpc) is 2.59. The quantitative estimate of drug-likeness (QED) is 0.904. The second kappa shape index (κ2) is 5.71. The Kier molecular flexibility index (Phi) is 4.24. The molecule has 1 aliphatic rings. The lowest BCUT2D eigenvalue weighted by atomic mass is 10.2. The van der Waals surface area contributed by atoms with Gasteiger partial charge in [-0.25, -0.2) is 8.42 Å². The SMILES string of the molecule is CCCCS(=O)(=O)N1CCNCc2ccccc21. The van der Waals surface area contributed by atoms with Crippen LogP contribution in [0.4, 0.5) is 5.69 Å². The van der Waals surface area contributed by atoms with Gasteiger partial charge in [0.15, 0.2) is 0 Å². The Hall–Kier alpha value is -1.07. The third-order valence-electron chi connectivity index (χ3n) is 3.16. The highest BCUT2D eigenvalue weighted by atomic mass is 32.2. The average molecular weight is 268 g/mol. The summed E-state index contributed by atoms with van der Waals surface area (Å²) in [4.78, 5) is 0. The van der Waals surface area contributed by atoms with Crippen LogP contribution in [0.15, 0.2) is 24.3 Å². The van der Waals surface area contributed by atoms with Gasteiger partial charge in [-0.2, -0.15) is 0 Å². The normalized spacial score (nSPS) is 16.2. The highest BCUT2D eigenvalue weighted by Gasteiger charge is 2.25. The van der Waals surface area contributed by atoms with Crippen LogP contribution in [0.25, 0.3) is 0 Å². The largest absolute Gasteiger partial charge is 0.311 e. The maximum absolute atomic E-state index is 12.4. The topological polar surface area (TPSA) is 49.4 Å². The molecule has 1 N–H and O–H groups in total. The van der Waals surface area contributed by atoms with Gasteiger partial charge in [0, 0.05) is 19.6 Å². The van der Waals surface area contributed by atoms with Gasteiger partial charge in [0.25, 0.3) is 0 Å².